The minimum absolute atomic E-state index is 0.159. The topological polar surface area (TPSA) is 62.2 Å². The maximum atomic E-state index is 13.7. The predicted molar refractivity (Wildman–Crippen MR) is 113 cm³/mol. The number of anilines is 1. The number of hydrogen-bond acceptors (Lipinski definition) is 6. The van der Waals surface area contributed by atoms with E-state index in [1.54, 1.807) is 19.2 Å². The lowest BCUT2D eigenvalue weighted by Gasteiger charge is -2.17. The summed E-state index contributed by atoms with van der Waals surface area (Å²) in [5.74, 6) is 1.85. The number of methoxy groups -OCH3 is 4. The predicted octanol–water partition coefficient (Wildman–Crippen LogP) is 3.51. The van der Waals surface area contributed by atoms with Crippen molar-refractivity contribution in [3.8, 4) is 23.0 Å². The Hall–Kier alpha value is -3.35. The normalized spacial score (nSPS) is 10.7. The van der Waals surface area contributed by atoms with Crippen LogP contribution in [0.25, 0.3) is 10.9 Å². The first-order valence-corrected chi connectivity index (χ1v) is 9.06. The van der Waals surface area contributed by atoms with Gasteiger partial charge in [0.2, 0.25) is 11.5 Å². The third-order valence-corrected chi connectivity index (χ3v) is 4.96. The van der Waals surface area contributed by atoms with E-state index in [0.717, 1.165) is 16.6 Å². The fourth-order valence-electron chi connectivity index (χ4n) is 3.68. The van der Waals surface area contributed by atoms with E-state index < -0.39 is 0 Å². The summed E-state index contributed by atoms with van der Waals surface area (Å²) >= 11 is 0. The SMILES string of the molecule is COc1cc(C(=O)c2c(N(C)C)c3cccc(OC)c3n2C)cc(OC)c1OC. The van der Waals surface area contributed by atoms with Gasteiger partial charge in [-0.25, -0.2) is 0 Å². The van der Waals surface area contributed by atoms with Gasteiger partial charge < -0.3 is 28.4 Å². The summed E-state index contributed by atoms with van der Waals surface area (Å²) in [6.07, 6.45) is 0. The van der Waals surface area contributed by atoms with Crippen molar-refractivity contribution >= 4 is 22.4 Å². The van der Waals surface area contributed by atoms with Gasteiger partial charge in [-0.2, -0.15) is 0 Å². The van der Waals surface area contributed by atoms with Gasteiger partial charge in [-0.05, 0) is 18.2 Å². The maximum Gasteiger partial charge on any atom is 0.211 e. The number of ketones is 1. The maximum absolute atomic E-state index is 13.7. The van der Waals surface area contributed by atoms with Crippen molar-refractivity contribution < 1.29 is 23.7 Å². The summed E-state index contributed by atoms with van der Waals surface area (Å²) in [7, 11) is 11.9. The molecule has 0 saturated carbocycles. The largest absolute Gasteiger partial charge is 0.495 e. The summed E-state index contributed by atoms with van der Waals surface area (Å²) < 4.78 is 23.6. The minimum Gasteiger partial charge on any atom is -0.495 e. The summed E-state index contributed by atoms with van der Waals surface area (Å²) in [6, 6.07) is 9.12. The van der Waals surface area contributed by atoms with Gasteiger partial charge in [0.05, 0.1) is 39.6 Å². The van der Waals surface area contributed by atoms with E-state index in [2.05, 4.69) is 0 Å². The van der Waals surface area contributed by atoms with Crippen molar-refractivity contribution in [2.75, 3.05) is 47.4 Å². The molecule has 29 heavy (non-hydrogen) atoms. The average molecular weight is 398 g/mol. The number of carbonyl (C=O) groups excluding carboxylic acids is 1. The number of hydrogen-bond donors (Lipinski definition) is 0. The molecule has 0 N–H and O–H groups in total. The number of benzene rings is 2. The molecular formula is C22H26N2O5. The van der Waals surface area contributed by atoms with E-state index in [9.17, 15) is 4.79 Å². The van der Waals surface area contributed by atoms with Crippen molar-refractivity contribution in [1.82, 2.24) is 4.57 Å². The van der Waals surface area contributed by atoms with Gasteiger partial charge in [-0.3, -0.25) is 4.79 Å². The van der Waals surface area contributed by atoms with E-state index in [0.29, 0.717) is 34.3 Å². The molecule has 0 atom stereocenters. The number of para-hydroxylation sites is 1. The molecule has 7 nitrogen and oxygen atoms in total. The van der Waals surface area contributed by atoms with Gasteiger partial charge in [0.1, 0.15) is 11.4 Å². The number of nitrogens with zero attached hydrogens (tertiary/aromatic N) is 2. The van der Waals surface area contributed by atoms with Crippen LogP contribution in [0.4, 0.5) is 5.69 Å². The van der Waals surface area contributed by atoms with E-state index in [4.69, 9.17) is 18.9 Å². The Labute approximate surface area is 170 Å². The van der Waals surface area contributed by atoms with Gasteiger partial charge in [0, 0.05) is 32.1 Å². The first-order valence-electron chi connectivity index (χ1n) is 9.06. The second-order valence-electron chi connectivity index (χ2n) is 6.75. The number of ether oxygens (including phenoxy) is 4. The highest BCUT2D eigenvalue weighted by atomic mass is 16.5. The lowest BCUT2D eigenvalue weighted by molar-refractivity contribution is 0.103. The molecule has 154 valence electrons. The Kier molecular flexibility index (Phi) is 5.59. The van der Waals surface area contributed by atoms with Crippen molar-refractivity contribution in [3.05, 3.63) is 41.6 Å². The lowest BCUT2D eigenvalue weighted by atomic mass is 10.0. The Balaban J connectivity index is 2.30. The molecule has 1 aromatic heterocycles. The quantitative estimate of drug-likeness (QED) is 0.568. The van der Waals surface area contributed by atoms with Crippen molar-refractivity contribution in [2.45, 2.75) is 0 Å². The second kappa shape index (κ2) is 7.95. The van der Waals surface area contributed by atoms with Crippen molar-refractivity contribution in [3.63, 3.8) is 0 Å². The molecule has 0 aliphatic rings. The second-order valence-corrected chi connectivity index (χ2v) is 6.75. The molecular weight excluding hydrogens is 372 g/mol. The summed E-state index contributed by atoms with van der Waals surface area (Å²) in [4.78, 5) is 15.6. The van der Waals surface area contributed by atoms with Crippen molar-refractivity contribution in [2.24, 2.45) is 7.05 Å². The fraction of sp³-hybridized carbons (Fsp3) is 0.318. The molecule has 0 spiro atoms. The molecule has 3 aromatic rings. The summed E-state index contributed by atoms with van der Waals surface area (Å²) in [5, 5.41) is 0.938. The molecule has 0 fully saturated rings. The Morgan fingerprint density at radius 2 is 1.48 bits per heavy atom. The molecule has 3 rings (SSSR count). The van der Waals surface area contributed by atoms with Crippen LogP contribution in [0.2, 0.25) is 0 Å². The van der Waals surface area contributed by atoms with Gasteiger partial charge in [0.15, 0.2) is 11.5 Å². The van der Waals surface area contributed by atoms with E-state index in [1.807, 2.05) is 48.8 Å². The van der Waals surface area contributed by atoms with Crippen LogP contribution in [0.15, 0.2) is 30.3 Å². The van der Waals surface area contributed by atoms with Crippen LogP contribution >= 0.6 is 0 Å². The Morgan fingerprint density at radius 3 is 1.97 bits per heavy atom. The molecule has 1 heterocycles. The van der Waals surface area contributed by atoms with E-state index >= 15 is 0 Å². The summed E-state index contributed by atoms with van der Waals surface area (Å²) in [6.45, 7) is 0. The van der Waals surface area contributed by atoms with Gasteiger partial charge in [-0.1, -0.05) is 12.1 Å². The highest BCUT2D eigenvalue weighted by Crippen LogP contribution is 2.41. The zero-order chi connectivity index (χ0) is 21.3. The van der Waals surface area contributed by atoms with Crippen LogP contribution in [0.1, 0.15) is 16.1 Å². The van der Waals surface area contributed by atoms with Gasteiger partial charge in [0.25, 0.3) is 0 Å². The van der Waals surface area contributed by atoms with Crippen LogP contribution in [-0.2, 0) is 7.05 Å². The van der Waals surface area contributed by atoms with E-state index in [1.165, 1.54) is 21.3 Å². The zero-order valence-electron chi connectivity index (χ0n) is 17.8. The number of carbonyl (C=O) groups is 1. The number of aromatic nitrogens is 1. The highest BCUT2D eigenvalue weighted by molar-refractivity contribution is 6.17. The lowest BCUT2D eigenvalue weighted by Crippen LogP contribution is -2.16. The average Bonchev–Trinajstić information content (AvgIpc) is 3.04. The van der Waals surface area contributed by atoms with Crippen molar-refractivity contribution in [1.29, 1.82) is 0 Å². The molecule has 2 aromatic carbocycles. The van der Waals surface area contributed by atoms with Gasteiger partial charge in [-0.15, -0.1) is 0 Å². The highest BCUT2D eigenvalue weighted by Gasteiger charge is 2.27. The molecule has 0 unspecified atom stereocenters. The van der Waals surface area contributed by atoms with Crippen LogP contribution < -0.4 is 23.8 Å². The fourth-order valence-corrected chi connectivity index (χ4v) is 3.68. The number of fused-ring (bicyclic) bond motifs is 1. The first-order chi connectivity index (χ1) is 13.9. The van der Waals surface area contributed by atoms with Crippen LogP contribution in [0.3, 0.4) is 0 Å². The summed E-state index contributed by atoms with van der Waals surface area (Å²) in [5.41, 5.74) is 2.66. The van der Waals surface area contributed by atoms with Crippen LogP contribution in [0, 0.1) is 0 Å². The molecule has 0 bridgehead atoms. The molecule has 0 saturated heterocycles. The molecule has 0 aliphatic carbocycles. The molecule has 7 heteroatoms. The third-order valence-electron chi connectivity index (χ3n) is 4.96. The third kappa shape index (κ3) is 3.22. The molecule has 0 amide bonds. The smallest absolute Gasteiger partial charge is 0.211 e. The number of aryl methyl sites for hydroxylation is 1. The monoisotopic (exact) mass is 398 g/mol. The van der Waals surface area contributed by atoms with Crippen LogP contribution in [-0.4, -0.2) is 52.9 Å². The standard InChI is InChI=1S/C22H26N2O5/c1-23(2)19-14-9-8-10-15(26-4)18(14)24(3)20(19)21(25)13-11-16(27-5)22(29-7)17(12-13)28-6/h8-12H,1-7H3. The van der Waals surface area contributed by atoms with E-state index in [-0.39, 0.29) is 5.78 Å². The van der Waals surface area contributed by atoms with Crippen LogP contribution in [0.5, 0.6) is 23.0 Å². The Bertz CT molecular complexity index is 1040. The first kappa shape index (κ1) is 20.4. The molecule has 0 radical (unpaired) electrons. The molecule has 0 aliphatic heterocycles. The minimum atomic E-state index is -0.159. The zero-order valence-corrected chi connectivity index (χ0v) is 17.8. The van der Waals surface area contributed by atoms with Gasteiger partial charge >= 0.3 is 0 Å². The Morgan fingerprint density at radius 1 is 0.897 bits per heavy atom. The number of rotatable bonds is 7.